The van der Waals surface area contributed by atoms with Crippen LogP contribution in [-0.2, 0) is 68.4 Å². The Morgan fingerprint density at radius 3 is 1.96 bits per heavy atom. The third kappa shape index (κ3) is 21.0. The maximum atomic E-state index is 14.6. The summed E-state index contributed by atoms with van der Waals surface area (Å²) in [4.78, 5) is 117. The molecule has 82 heavy (non-hydrogen) atoms. The molecule has 0 aromatic heterocycles. The average molecular weight is 1160 g/mol. The first kappa shape index (κ1) is 70.8. The lowest BCUT2D eigenvalue weighted by atomic mass is 9.89. The number of hydrogen-bond acceptors (Lipinski definition) is 16. The average Bonchev–Trinajstić information content (AvgIpc) is 4.24. The van der Waals surface area contributed by atoms with Crippen molar-refractivity contribution in [2.45, 2.75) is 187 Å². The number of rotatable bonds is 35. The van der Waals surface area contributed by atoms with Gasteiger partial charge in [-0.05, 0) is 76.4 Å². The Hall–Kier alpha value is -5.46. The van der Waals surface area contributed by atoms with E-state index in [1.54, 1.807) is 30.7 Å². The van der Waals surface area contributed by atoms with Gasteiger partial charge in [-0.2, -0.15) is 0 Å². The van der Waals surface area contributed by atoms with E-state index in [0.717, 1.165) is 5.56 Å². The van der Waals surface area contributed by atoms with Crippen LogP contribution in [0.1, 0.15) is 119 Å². The van der Waals surface area contributed by atoms with E-state index in [9.17, 15) is 43.5 Å². The minimum absolute atomic E-state index is 0.00142. The Balaban J connectivity index is 1.68. The summed E-state index contributed by atoms with van der Waals surface area (Å²) >= 11 is 0. The number of aliphatic hydroxyl groups excluding tert-OH is 1. The summed E-state index contributed by atoms with van der Waals surface area (Å²) in [6, 6.07) is 4.26. The van der Waals surface area contributed by atoms with Crippen molar-refractivity contribution >= 4 is 47.5 Å². The minimum atomic E-state index is -1.06. The Morgan fingerprint density at radius 2 is 1.39 bits per heavy atom. The second kappa shape index (κ2) is 35.6. The van der Waals surface area contributed by atoms with Crippen molar-refractivity contribution in [3.63, 3.8) is 0 Å². The van der Waals surface area contributed by atoms with Crippen LogP contribution in [-0.4, -0.2) is 221 Å². The zero-order valence-electron chi connectivity index (χ0n) is 51.6. The van der Waals surface area contributed by atoms with E-state index >= 15 is 0 Å². The summed E-state index contributed by atoms with van der Waals surface area (Å²) < 4.78 is 33.6. The van der Waals surface area contributed by atoms with Gasteiger partial charge in [0.1, 0.15) is 31.3 Å². The monoisotopic (exact) mass is 1160 g/mol. The Kier molecular flexibility index (Phi) is 30.8. The maximum Gasteiger partial charge on any atom is 0.407 e. The fraction of sp³-hybridized carbons (Fsp3) is 0.763. The van der Waals surface area contributed by atoms with Crippen LogP contribution in [0.4, 0.5) is 4.79 Å². The van der Waals surface area contributed by atoms with Crippen molar-refractivity contribution in [2.75, 3.05) is 81.9 Å². The molecule has 2 saturated heterocycles. The molecule has 2 fully saturated rings. The van der Waals surface area contributed by atoms with Crippen LogP contribution in [0, 0.1) is 23.7 Å². The van der Waals surface area contributed by atoms with E-state index in [1.165, 1.54) is 26.2 Å². The molecule has 2 aliphatic heterocycles. The molecule has 1 aromatic rings. The van der Waals surface area contributed by atoms with E-state index in [4.69, 9.17) is 28.4 Å². The quantitative estimate of drug-likeness (QED) is 0.0482. The molecule has 0 spiro atoms. The van der Waals surface area contributed by atoms with E-state index in [0.29, 0.717) is 51.6 Å². The number of amides is 7. The number of hydrogen-bond donors (Lipinski definition) is 5. The normalized spacial score (nSPS) is 19.5. The topological polar surface area (TPSA) is 273 Å². The Morgan fingerprint density at radius 1 is 0.732 bits per heavy atom. The molecule has 1 aromatic carbocycles. The first-order valence-corrected chi connectivity index (χ1v) is 29.3. The molecule has 466 valence electrons. The number of carbonyl (C=O) groups excluding carboxylic acids is 8. The van der Waals surface area contributed by atoms with Crippen LogP contribution in [0.15, 0.2) is 30.3 Å². The molecular weight excluding hydrogens is 1060 g/mol. The highest BCUT2D eigenvalue weighted by Gasteiger charge is 2.44. The molecule has 0 bridgehead atoms. The number of nitrogens with zero attached hydrogens (tertiary/aromatic N) is 4. The standard InChI is InChI=1S/C59H100N8O15/c1-16-38(7)52(65(12)57(74)50(36(3)4)63-56(73)51(37(5)6)64(10)11)46(77-13)32-48(70)66-29-21-25-44(66)53(79-15)40(9)54(71)62-43(31-41-23-19-18-20-24-41)55(72)61-39(8)34-80-58(75)45-26-22-30-67(45)47(69)27-28-60-59(76)81-35-49(78-14)82-42(17-2)33-68/h18-20,23-24,36-40,42-46,49-53,68H,16-17,21-22,25-35H2,1-15H3,(H,60,76)(H,61,72)(H,62,71)(H,63,73)/t38-,39?,40+,42?,43-,44-,45-,46+,49?,50-,51-,52-,53+/m0/s1. The van der Waals surface area contributed by atoms with E-state index in [2.05, 4.69) is 21.3 Å². The molecule has 2 aliphatic rings. The Labute approximate surface area is 487 Å². The molecule has 7 amide bonds. The molecule has 0 radical (unpaired) electrons. The van der Waals surface area contributed by atoms with Gasteiger partial charge in [-0.1, -0.05) is 92.1 Å². The van der Waals surface area contributed by atoms with Gasteiger partial charge in [0.2, 0.25) is 35.4 Å². The number of carbonyl (C=O) groups is 8. The highest BCUT2D eigenvalue weighted by Crippen LogP contribution is 2.30. The lowest BCUT2D eigenvalue weighted by molar-refractivity contribution is -0.181. The molecular formula is C59H100N8O15. The molecule has 0 saturated carbocycles. The zero-order valence-corrected chi connectivity index (χ0v) is 51.6. The smallest absolute Gasteiger partial charge is 0.407 e. The van der Waals surface area contributed by atoms with Crippen molar-refractivity contribution in [1.29, 1.82) is 0 Å². The molecule has 0 aliphatic carbocycles. The van der Waals surface area contributed by atoms with Crippen molar-refractivity contribution in [2.24, 2.45) is 23.7 Å². The van der Waals surface area contributed by atoms with Gasteiger partial charge < -0.3 is 69.5 Å². The first-order chi connectivity index (χ1) is 38.9. The summed E-state index contributed by atoms with van der Waals surface area (Å²) in [5, 5.41) is 20.8. The van der Waals surface area contributed by atoms with E-state index in [1.807, 2.05) is 97.8 Å². The van der Waals surface area contributed by atoms with Crippen molar-refractivity contribution in [3.8, 4) is 0 Å². The molecule has 5 N–H and O–H groups in total. The van der Waals surface area contributed by atoms with E-state index in [-0.39, 0.29) is 87.0 Å². The van der Waals surface area contributed by atoms with Crippen molar-refractivity contribution in [3.05, 3.63) is 35.9 Å². The van der Waals surface area contributed by atoms with Crippen LogP contribution in [0.25, 0.3) is 0 Å². The number of likely N-dealkylation sites (tertiary alicyclic amines) is 2. The fourth-order valence-corrected chi connectivity index (χ4v) is 11.0. The summed E-state index contributed by atoms with van der Waals surface area (Å²) in [6.07, 6.45) is -0.342. The second-order valence-electron chi connectivity index (χ2n) is 22.8. The lowest BCUT2D eigenvalue weighted by Gasteiger charge is -2.41. The number of benzene rings is 1. The number of alkyl carbamates (subject to hydrolysis) is 1. The van der Waals surface area contributed by atoms with Gasteiger partial charge in [-0.15, -0.1) is 0 Å². The first-order valence-electron chi connectivity index (χ1n) is 29.3. The van der Waals surface area contributed by atoms with Gasteiger partial charge in [0, 0.05) is 60.9 Å². The number of likely N-dealkylation sites (N-methyl/N-ethyl adjacent to an activating group) is 2. The van der Waals surface area contributed by atoms with Gasteiger partial charge >= 0.3 is 12.1 Å². The van der Waals surface area contributed by atoms with Gasteiger partial charge in [-0.25, -0.2) is 9.59 Å². The SMILES string of the molecule is CCC(CO)OC(COC(=O)NCCC(=O)N1CCC[C@H]1C(=O)OCC(C)NC(=O)[C@H](Cc1ccccc1)NC(=O)[C@H](C)[C@@H](OC)[C@@H]1CCCN1C(=O)C[C@@H](OC)[C@H]([C@@H](C)CC)N(C)C(=O)[C@@H](NC(=O)[C@H](C(C)C)N(C)C)C(C)C)OC. The highest BCUT2D eigenvalue weighted by atomic mass is 16.7. The van der Waals surface area contributed by atoms with Gasteiger partial charge in [0.05, 0.1) is 61.4 Å². The van der Waals surface area contributed by atoms with Crippen LogP contribution < -0.4 is 21.3 Å². The summed E-state index contributed by atoms with van der Waals surface area (Å²) in [7, 11) is 9.78. The second-order valence-corrected chi connectivity index (χ2v) is 22.8. The molecule has 2 heterocycles. The van der Waals surface area contributed by atoms with Crippen molar-refractivity contribution in [1.82, 2.24) is 40.9 Å². The van der Waals surface area contributed by atoms with Gasteiger partial charge in [0.15, 0.2) is 6.29 Å². The predicted octanol–water partition coefficient (Wildman–Crippen LogP) is 3.28. The maximum absolute atomic E-state index is 14.6. The fourth-order valence-electron chi connectivity index (χ4n) is 11.0. The molecule has 3 rings (SSSR count). The van der Waals surface area contributed by atoms with Crippen LogP contribution >= 0.6 is 0 Å². The summed E-state index contributed by atoms with van der Waals surface area (Å²) in [6.45, 7) is 16.9. The van der Waals surface area contributed by atoms with Crippen LogP contribution in [0.5, 0.6) is 0 Å². The van der Waals surface area contributed by atoms with Crippen molar-refractivity contribution < 1.29 is 71.9 Å². The number of aliphatic hydroxyl groups is 1. The summed E-state index contributed by atoms with van der Waals surface area (Å²) in [5.74, 6) is -3.91. The van der Waals surface area contributed by atoms with Crippen LogP contribution in [0.3, 0.4) is 0 Å². The number of esters is 1. The summed E-state index contributed by atoms with van der Waals surface area (Å²) in [5.41, 5.74) is 0.779. The highest BCUT2D eigenvalue weighted by molar-refractivity contribution is 5.91. The predicted molar refractivity (Wildman–Crippen MR) is 308 cm³/mol. The lowest BCUT2D eigenvalue weighted by Crippen LogP contribution is -2.59. The molecule has 23 heteroatoms. The number of methoxy groups -OCH3 is 3. The minimum Gasteiger partial charge on any atom is -0.462 e. The third-order valence-corrected chi connectivity index (χ3v) is 15.8. The van der Waals surface area contributed by atoms with Crippen LogP contribution in [0.2, 0.25) is 0 Å². The molecule has 13 atom stereocenters. The molecule has 23 nitrogen and oxygen atoms in total. The van der Waals surface area contributed by atoms with Gasteiger partial charge in [-0.3, -0.25) is 33.7 Å². The third-order valence-electron chi connectivity index (χ3n) is 15.8. The van der Waals surface area contributed by atoms with E-state index < -0.39 is 96.7 Å². The Bertz CT molecular complexity index is 2160. The number of nitrogens with one attached hydrogen (secondary N) is 4. The molecule has 3 unspecified atom stereocenters. The largest absolute Gasteiger partial charge is 0.462 e. The zero-order chi connectivity index (χ0) is 61.4. The number of ether oxygens (including phenoxy) is 6. The van der Waals surface area contributed by atoms with Gasteiger partial charge in [0.25, 0.3) is 0 Å².